The van der Waals surface area contributed by atoms with Crippen LogP contribution in [0.3, 0.4) is 0 Å². The number of methoxy groups -OCH3 is 1. The van der Waals surface area contributed by atoms with Crippen LogP contribution in [0.4, 0.5) is 0 Å². The summed E-state index contributed by atoms with van der Waals surface area (Å²) in [7, 11) is -2.17. The molecule has 0 bridgehead atoms. The number of hydrogen-bond donors (Lipinski definition) is 2. The van der Waals surface area contributed by atoms with Crippen LogP contribution >= 0.6 is 0 Å². The van der Waals surface area contributed by atoms with Crippen molar-refractivity contribution in [3.05, 3.63) is 65.7 Å². The van der Waals surface area contributed by atoms with Crippen molar-refractivity contribution >= 4 is 28.0 Å². The third kappa shape index (κ3) is 7.76. The number of rotatable bonds is 9. The Labute approximate surface area is 169 Å². The molecule has 154 valence electrons. The average molecular weight is 418 g/mol. The number of primary sulfonamides is 1. The monoisotopic (exact) mass is 418 g/mol. The Kier molecular flexibility index (Phi) is 7.93. The van der Waals surface area contributed by atoms with E-state index < -0.39 is 28.5 Å². The van der Waals surface area contributed by atoms with Crippen LogP contribution in [0.1, 0.15) is 11.1 Å². The van der Waals surface area contributed by atoms with Gasteiger partial charge in [-0.2, -0.15) is 0 Å². The maximum absolute atomic E-state index is 11.8. The van der Waals surface area contributed by atoms with Crippen molar-refractivity contribution in [2.75, 3.05) is 20.3 Å². The minimum absolute atomic E-state index is 0.0270. The second kappa shape index (κ2) is 10.4. The summed E-state index contributed by atoms with van der Waals surface area (Å²) in [5.74, 6) is -0.407. The van der Waals surface area contributed by atoms with Crippen LogP contribution in [-0.4, -0.2) is 40.6 Å². The summed E-state index contributed by atoms with van der Waals surface area (Å²) in [5.41, 5.74) is 1.59. The SMILES string of the molecule is COc1cccc(/C=C/C(=O)OCC(=O)NCCc2ccc(S(N)(=O)=O)cc2)c1. The Morgan fingerprint density at radius 3 is 2.52 bits per heavy atom. The van der Waals surface area contributed by atoms with Crippen molar-refractivity contribution < 1.29 is 27.5 Å². The highest BCUT2D eigenvalue weighted by Gasteiger charge is 2.08. The van der Waals surface area contributed by atoms with Crippen LogP contribution in [-0.2, 0) is 30.8 Å². The summed E-state index contributed by atoms with van der Waals surface area (Å²) in [6.07, 6.45) is 3.28. The Hall–Kier alpha value is -3.17. The molecule has 0 heterocycles. The first kappa shape index (κ1) is 22.1. The molecule has 0 aliphatic heterocycles. The number of amides is 1. The standard InChI is InChI=1S/C20H22N2O6S/c1-27-17-4-2-3-16(13-17)7-10-20(24)28-14-19(23)22-12-11-15-5-8-18(9-6-15)29(21,25)26/h2-10,13H,11-12,14H2,1H3,(H,22,23)(H2,21,25,26)/b10-7+. The molecule has 0 saturated carbocycles. The molecule has 2 rings (SSSR count). The van der Waals surface area contributed by atoms with Gasteiger partial charge in [0.2, 0.25) is 10.0 Å². The fraction of sp³-hybridized carbons (Fsp3) is 0.200. The zero-order valence-corrected chi connectivity index (χ0v) is 16.6. The van der Waals surface area contributed by atoms with Gasteiger partial charge in [0.15, 0.2) is 6.61 Å². The molecular weight excluding hydrogens is 396 g/mol. The molecule has 9 heteroatoms. The largest absolute Gasteiger partial charge is 0.497 e. The van der Waals surface area contributed by atoms with E-state index >= 15 is 0 Å². The van der Waals surface area contributed by atoms with Crippen LogP contribution in [0.15, 0.2) is 59.5 Å². The van der Waals surface area contributed by atoms with E-state index in [4.69, 9.17) is 14.6 Å². The van der Waals surface area contributed by atoms with Gasteiger partial charge in [0, 0.05) is 12.6 Å². The molecule has 8 nitrogen and oxygen atoms in total. The Morgan fingerprint density at radius 2 is 1.86 bits per heavy atom. The topological polar surface area (TPSA) is 125 Å². The number of ether oxygens (including phenoxy) is 2. The van der Waals surface area contributed by atoms with Crippen LogP contribution < -0.4 is 15.2 Å². The van der Waals surface area contributed by atoms with Gasteiger partial charge < -0.3 is 14.8 Å². The number of nitrogens with one attached hydrogen (secondary N) is 1. The first-order valence-electron chi connectivity index (χ1n) is 8.65. The van der Waals surface area contributed by atoms with E-state index in [0.717, 1.165) is 11.1 Å². The molecule has 1 amide bonds. The lowest BCUT2D eigenvalue weighted by Gasteiger charge is -2.06. The molecule has 0 aliphatic carbocycles. The summed E-state index contributed by atoms with van der Waals surface area (Å²) in [5, 5.41) is 7.66. The van der Waals surface area contributed by atoms with Gasteiger partial charge in [0.1, 0.15) is 5.75 Å². The van der Waals surface area contributed by atoms with Gasteiger partial charge in [-0.25, -0.2) is 18.4 Å². The Bertz CT molecular complexity index is 984. The van der Waals surface area contributed by atoms with E-state index in [2.05, 4.69) is 5.32 Å². The summed E-state index contributed by atoms with van der Waals surface area (Å²) >= 11 is 0. The summed E-state index contributed by atoms with van der Waals surface area (Å²) in [6.45, 7) is -0.0869. The van der Waals surface area contributed by atoms with Crippen LogP contribution in [0.2, 0.25) is 0 Å². The number of benzene rings is 2. The fourth-order valence-electron chi connectivity index (χ4n) is 2.34. The van der Waals surface area contributed by atoms with Gasteiger partial charge in [-0.1, -0.05) is 24.3 Å². The summed E-state index contributed by atoms with van der Waals surface area (Å²) < 4.78 is 32.4. The highest BCUT2D eigenvalue weighted by atomic mass is 32.2. The van der Waals surface area contributed by atoms with E-state index in [9.17, 15) is 18.0 Å². The zero-order chi connectivity index (χ0) is 21.3. The fourth-order valence-corrected chi connectivity index (χ4v) is 2.85. The van der Waals surface area contributed by atoms with E-state index in [-0.39, 0.29) is 4.90 Å². The average Bonchev–Trinajstić information content (AvgIpc) is 2.70. The molecular formula is C20H22N2O6S. The molecule has 0 unspecified atom stereocenters. The number of esters is 1. The van der Waals surface area contributed by atoms with Crippen molar-refractivity contribution in [3.63, 3.8) is 0 Å². The molecule has 0 aliphatic rings. The quantitative estimate of drug-likeness (QED) is 0.467. The first-order valence-corrected chi connectivity index (χ1v) is 10.2. The van der Waals surface area contributed by atoms with Gasteiger partial charge in [0.05, 0.1) is 12.0 Å². The zero-order valence-electron chi connectivity index (χ0n) is 15.8. The molecule has 0 radical (unpaired) electrons. The summed E-state index contributed by atoms with van der Waals surface area (Å²) in [6, 6.07) is 13.2. The smallest absolute Gasteiger partial charge is 0.331 e. The predicted octanol–water partition coefficient (Wildman–Crippen LogP) is 1.26. The number of nitrogens with two attached hydrogens (primary N) is 1. The maximum atomic E-state index is 11.8. The normalized spacial score (nSPS) is 11.2. The lowest BCUT2D eigenvalue weighted by molar-refractivity contribution is -0.143. The third-order valence-corrected chi connectivity index (χ3v) is 4.77. The van der Waals surface area contributed by atoms with E-state index in [1.807, 2.05) is 0 Å². The van der Waals surface area contributed by atoms with Gasteiger partial charge in [-0.05, 0) is 47.9 Å². The van der Waals surface area contributed by atoms with Gasteiger partial charge in [-0.3, -0.25) is 4.79 Å². The van der Waals surface area contributed by atoms with E-state index in [0.29, 0.717) is 18.7 Å². The van der Waals surface area contributed by atoms with Crippen LogP contribution in [0.25, 0.3) is 6.08 Å². The maximum Gasteiger partial charge on any atom is 0.331 e. The molecule has 29 heavy (non-hydrogen) atoms. The minimum atomic E-state index is -3.73. The van der Waals surface area contributed by atoms with Crippen molar-refractivity contribution in [1.82, 2.24) is 5.32 Å². The molecule has 2 aromatic carbocycles. The molecule has 3 N–H and O–H groups in total. The lowest BCUT2D eigenvalue weighted by atomic mass is 10.1. The van der Waals surface area contributed by atoms with Gasteiger partial charge in [-0.15, -0.1) is 0 Å². The number of sulfonamides is 1. The molecule has 0 saturated heterocycles. The molecule has 0 spiro atoms. The van der Waals surface area contributed by atoms with Gasteiger partial charge in [0.25, 0.3) is 5.91 Å². The minimum Gasteiger partial charge on any atom is -0.497 e. The van der Waals surface area contributed by atoms with Crippen molar-refractivity contribution in [2.45, 2.75) is 11.3 Å². The van der Waals surface area contributed by atoms with Crippen molar-refractivity contribution in [2.24, 2.45) is 5.14 Å². The third-order valence-electron chi connectivity index (χ3n) is 3.84. The second-order valence-electron chi connectivity index (χ2n) is 6.01. The highest BCUT2D eigenvalue weighted by molar-refractivity contribution is 7.89. The van der Waals surface area contributed by atoms with E-state index in [1.165, 1.54) is 18.2 Å². The molecule has 0 aromatic heterocycles. The molecule has 0 fully saturated rings. The first-order chi connectivity index (χ1) is 13.8. The van der Waals surface area contributed by atoms with Gasteiger partial charge >= 0.3 is 5.97 Å². The number of hydrogen-bond acceptors (Lipinski definition) is 6. The second-order valence-corrected chi connectivity index (χ2v) is 7.57. The lowest BCUT2D eigenvalue weighted by Crippen LogP contribution is -2.30. The Balaban J connectivity index is 1.71. The van der Waals surface area contributed by atoms with Crippen molar-refractivity contribution in [1.29, 1.82) is 0 Å². The number of carbonyl (C=O) groups excluding carboxylic acids is 2. The molecule has 0 atom stereocenters. The molecule has 2 aromatic rings. The summed E-state index contributed by atoms with van der Waals surface area (Å²) in [4.78, 5) is 23.5. The highest BCUT2D eigenvalue weighted by Crippen LogP contribution is 2.13. The predicted molar refractivity (Wildman–Crippen MR) is 108 cm³/mol. The van der Waals surface area contributed by atoms with Crippen LogP contribution in [0.5, 0.6) is 5.75 Å². The Morgan fingerprint density at radius 1 is 1.14 bits per heavy atom. The van der Waals surface area contributed by atoms with E-state index in [1.54, 1.807) is 49.6 Å². The van der Waals surface area contributed by atoms with Crippen LogP contribution in [0, 0.1) is 0 Å². The van der Waals surface area contributed by atoms with Crippen molar-refractivity contribution in [3.8, 4) is 5.75 Å². The number of carbonyl (C=O) groups is 2.